The summed E-state index contributed by atoms with van der Waals surface area (Å²) in [5.74, 6) is 1.09. The summed E-state index contributed by atoms with van der Waals surface area (Å²) in [4.78, 5) is 4.09. The van der Waals surface area contributed by atoms with Gasteiger partial charge in [0.1, 0.15) is 5.82 Å². The zero-order valence-electron chi connectivity index (χ0n) is 11.3. The summed E-state index contributed by atoms with van der Waals surface area (Å²) in [5.41, 5.74) is 4.46. The van der Waals surface area contributed by atoms with Crippen LogP contribution in [0.25, 0.3) is 16.9 Å². The van der Waals surface area contributed by atoms with Gasteiger partial charge in [-0.15, -0.1) is 0 Å². The van der Waals surface area contributed by atoms with Gasteiger partial charge in [0.05, 0.1) is 11.4 Å². The zero-order valence-corrected chi connectivity index (χ0v) is 12.8. The van der Waals surface area contributed by atoms with E-state index in [9.17, 15) is 0 Å². The third-order valence-corrected chi connectivity index (χ3v) is 4.36. The molecule has 2 aromatic heterocycles. The molecule has 21 heavy (non-hydrogen) atoms. The van der Waals surface area contributed by atoms with Crippen LogP contribution < -0.4 is 5.32 Å². The number of para-hydroxylation sites is 1. The largest absolute Gasteiger partial charge is 0.369 e. The number of rotatable bonds is 2. The van der Waals surface area contributed by atoms with Crippen molar-refractivity contribution in [3.63, 3.8) is 0 Å². The van der Waals surface area contributed by atoms with E-state index in [1.165, 1.54) is 5.56 Å². The second kappa shape index (κ2) is 5.00. The van der Waals surface area contributed by atoms with Crippen LogP contribution in [0.15, 0.2) is 53.3 Å². The lowest BCUT2D eigenvalue weighted by atomic mass is 10.1. The Bertz CT molecular complexity index is 795. The van der Waals surface area contributed by atoms with E-state index in [4.69, 9.17) is 5.10 Å². The van der Waals surface area contributed by atoms with Crippen molar-refractivity contribution in [1.29, 1.82) is 0 Å². The molecule has 0 amide bonds. The lowest BCUT2D eigenvalue weighted by Gasteiger charge is -2.08. The maximum Gasteiger partial charge on any atom is 0.133 e. The molecule has 0 bridgehead atoms. The van der Waals surface area contributed by atoms with Gasteiger partial charge >= 0.3 is 0 Å². The van der Waals surface area contributed by atoms with Gasteiger partial charge in [0.25, 0.3) is 0 Å². The summed E-state index contributed by atoms with van der Waals surface area (Å²) in [5, 5.41) is 8.28. The van der Waals surface area contributed by atoms with Crippen LogP contribution in [-0.2, 0) is 6.42 Å². The van der Waals surface area contributed by atoms with Crippen molar-refractivity contribution in [3.05, 3.63) is 58.8 Å². The molecule has 0 unspecified atom stereocenters. The standard InChI is InChI=1S/C16H13BrN4/c17-13-3-1-2-4-14(13)21-16-12(7-10-19-16)15(20-21)11-5-8-18-9-6-11/h1-6,8-9,19H,7,10H2. The smallest absolute Gasteiger partial charge is 0.133 e. The van der Waals surface area contributed by atoms with E-state index in [1.54, 1.807) is 0 Å². The predicted molar refractivity (Wildman–Crippen MR) is 86.7 cm³/mol. The highest BCUT2D eigenvalue weighted by atomic mass is 79.9. The van der Waals surface area contributed by atoms with Gasteiger partial charge in [0, 0.05) is 34.5 Å². The monoisotopic (exact) mass is 340 g/mol. The fourth-order valence-electron chi connectivity index (χ4n) is 2.71. The maximum atomic E-state index is 4.83. The molecule has 0 saturated heterocycles. The van der Waals surface area contributed by atoms with Gasteiger partial charge in [-0.25, -0.2) is 4.68 Å². The third kappa shape index (κ3) is 2.05. The Balaban J connectivity index is 1.93. The Kier molecular flexibility index (Phi) is 3.00. The van der Waals surface area contributed by atoms with Crippen molar-refractivity contribution in [1.82, 2.24) is 14.8 Å². The number of nitrogens with zero attached hydrogens (tertiary/aromatic N) is 3. The van der Waals surface area contributed by atoms with Crippen molar-refractivity contribution < 1.29 is 0 Å². The highest BCUT2D eigenvalue weighted by Crippen LogP contribution is 2.35. The van der Waals surface area contributed by atoms with Crippen LogP contribution in [0.4, 0.5) is 5.82 Å². The molecule has 3 heterocycles. The number of fused-ring (bicyclic) bond motifs is 1. The maximum absolute atomic E-state index is 4.83. The lowest BCUT2D eigenvalue weighted by molar-refractivity contribution is 0.878. The van der Waals surface area contributed by atoms with Gasteiger partial charge in [-0.2, -0.15) is 5.10 Å². The van der Waals surface area contributed by atoms with Gasteiger partial charge in [-0.3, -0.25) is 4.98 Å². The van der Waals surface area contributed by atoms with Crippen LogP contribution in [0, 0.1) is 0 Å². The molecule has 4 nitrogen and oxygen atoms in total. The van der Waals surface area contributed by atoms with E-state index < -0.39 is 0 Å². The van der Waals surface area contributed by atoms with Gasteiger partial charge in [-0.1, -0.05) is 12.1 Å². The van der Waals surface area contributed by atoms with Crippen LogP contribution in [0.2, 0.25) is 0 Å². The SMILES string of the molecule is Brc1ccccc1-n1nc(-c2ccncc2)c2c1NCC2. The Labute approximate surface area is 131 Å². The number of hydrogen-bond donors (Lipinski definition) is 1. The number of halogens is 1. The second-order valence-electron chi connectivity index (χ2n) is 4.95. The zero-order chi connectivity index (χ0) is 14.2. The Morgan fingerprint density at radius 1 is 1.10 bits per heavy atom. The lowest BCUT2D eigenvalue weighted by Crippen LogP contribution is -2.04. The average Bonchev–Trinajstić information content (AvgIpc) is 3.11. The number of anilines is 1. The molecular weight excluding hydrogens is 328 g/mol. The van der Waals surface area contributed by atoms with Crippen LogP contribution in [0.3, 0.4) is 0 Å². The molecule has 1 N–H and O–H groups in total. The van der Waals surface area contributed by atoms with Gasteiger partial charge in [-0.05, 0) is 46.6 Å². The normalized spacial score (nSPS) is 13.0. The van der Waals surface area contributed by atoms with Crippen molar-refractivity contribution in [2.45, 2.75) is 6.42 Å². The topological polar surface area (TPSA) is 42.7 Å². The minimum atomic E-state index is 0.954. The summed E-state index contributed by atoms with van der Waals surface area (Å²) in [6.07, 6.45) is 4.61. The van der Waals surface area contributed by atoms with Crippen molar-refractivity contribution in [2.24, 2.45) is 0 Å². The summed E-state index contributed by atoms with van der Waals surface area (Å²) < 4.78 is 3.02. The Morgan fingerprint density at radius 2 is 1.90 bits per heavy atom. The van der Waals surface area contributed by atoms with Crippen LogP contribution >= 0.6 is 15.9 Å². The van der Waals surface area contributed by atoms with Gasteiger partial charge in [0.15, 0.2) is 0 Å². The van der Waals surface area contributed by atoms with Gasteiger partial charge in [0.2, 0.25) is 0 Å². The summed E-state index contributed by atoms with van der Waals surface area (Å²) in [6.45, 7) is 0.954. The third-order valence-electron chi connectivity index (χ3n) is 3.69. The molecule has 3 aromatic rings. The highest BCUT2D eigenvalue weighted by molar-refractivity contribution is 9.10. The number of pyridine rings is 1. The van der Waals surface area contributed by atoms with Crippen LogP contribution in [0.1, 0.15) is 5.56 Å². The first kappa shape index (κ1) is 12.6. The summed E-state index contributed by atoms with van der Waals surface area (Å²) in [6, 6.07) is 12.1. The molecule has 5 heteroatoms. The minimum Gasteiger partial charge on any atom is -0.369 e. The molecule has 4 rings (SSSR count). The van der Waals surface area contributed by atoms with E-state index in [0.717, 1.165) is 40.2 Å². The second-order valence-corrected chi connectivity index (χ2v) is 5.81. The fourth-order valence-corrected chi connectivity index (χ4v) is 3.17. The first-order valence-electron chi connectivity index (χ1n) is 6.85. The summed E-state index contributed by atoms with van der Waals surface area (Å²) >= 11 is 3.61. The molecule has 1 aliphatic rings. The quantitative estimate of drug-likeness (QED) is 0.774. The fraction of sp³-hybridized carbons (Fsp3) is 0.125. The van der Waals surface area contributed by atoms with Crippen LogP contribution in [-0.4, -0.2) is 21.3 Å². The minimum absolute atomic E-state index is 0.954. The van der Waals surface area contributed by atoms with Crippen molar-refractivity contribution >= 4 is 21.7 Å². The van der Waals surface area contributed by atoms with Crippen molar-refractivity contribution in [3.8, 4) is 16.9 Å². The average molecular weight is 341 g/mol. The molecule has 0 aliphatic carbocycles. The molecular formula is C16H13BrN4. The predicted octanol–water partition coefficient (Wildman–Crippen LogP) is 3.66. The van der Waals surface area contributed by atoms with Gasteiger partial charge < -0.3 is 5.32 Å². The molecule has 1 aliphatic heterocycles. The Hall–Kier alpha value is -2.14. The number of benzene rings is 1. The number of hydrogen-bond acceptors (Lipinski definition) is 3. The molecule has 0 atom stereocenters. The molecule has 0 saturated carbocycles. The van der Waals surface area contributed by atoms with Crippen molar-refractivity contribution in [2.75, 3.05) is 11.9 Å². The van der Waals surface area contributed by atoms with E-state index in [-0.39, 0.29) is 0 Å². The first-order valence-corrected chi connectivity index (χ1v) is 7.65. The molecule has 1 aromatic carbocycles. The number of aromatic nitrogens is 3. The Morgan fingerprint density at radius 3 is 2.71 bits per heavy atom. The molecule has 0 radical (unpaired) electrons. The van der Waals surface area contributed by atoms with E-state index >= 15 is 0 Å². The van der Waals surface area contributed by atoms with E-state index in [2.05, 4.69) is 32.3 Å². The molecule has 0 spiro atoms. The van der Waals surface area contributed by atoms with E-state index in [1.807, 2.05) is 47.4 Å². The van der Waals surface area contributed by atoms with E-state index in [0.29, 0.717) is 0 Å². The summed E-state index contributed by atoms with van der Waals surface area (Å²) in [7, 11) is 0. The molecule has 0 fully saturated rings. The van der Waals surface area contributed by atoms with Crippen LogP contribution in [0.5, 0.6) is 0 Å². The highest BCUT2D eigenvalue weighted by Gasteiger charge is 2.24. The number of nitrogens with one attached hydrogen (secondary N) is 1. The molecule has 104 valence electrons. The first-order chi connectivity index (χ1) is 10.3.